The van der Waals surface area contributed by atoms with Crippen molar-refractivity contribution in [1.82, 2.24) is 9.55 Å². The molecule has 1 heterocycles. The summed E-state index contributed by atoms with van der Waals surface area (Å²) in [4.78, 5) is 4.59. The van der Waals surface area contributed by atoms with Gasteiger partial charge in [-0.15, -0.1) is 6.58 Å². The molecule has 0 spiro atoms. The molecule has 1 rings (SSSR count). The van der Waals surface area contributed by atoms with Crippen molar-refractivity contribution in [3.63, 3.8) is 0 Å². The van der Waals surface area contributed by atoms with Gasteiger partial charge in [0.1, 0.15) is 11.6 Å². The second-order valence-electron chi connectivity index (χ2n) is 4.75. The van der Waals surface area contributed by atoms with E-state index in [9.17, 15) is 0 Å². The Morgan fingerprint density at radius 3 is 2.65 bits per heavy atom. The van der Waals surface area contributed by atoms with E-state index in [0.717, 1.165) is 23.8 Å². The van der Waals surface area contributed by atoms with Crippen molar-refractivity contribution in [3.8, 4) is 0 Å². The number of aryl methyl sites for hydroxylation is 1. The number of nitrogens with two attached hydrogens (primary N) is 1. The summed E-state index contributed by atoms with van der Waals surface area (Å²) in [7, 11) is 1.71. The van der Waals surface area contributed by atoms with E-state index in [4.69, 9.17) is 10.5 Å². The molecule has 17 heavy (non-hydrogen) atoms. The van der Waals surface area contributed by atoms with Crippen LogP contribution in [0.25, 0.3) is 0 Å². The largest absolute Gasteiger partial charge is 0.384 e. The average Bonchev–Trinajstić information content (AvgIpc) is 2.57. The first-order chi connectivity index (χ1) is 7.95. The molecule has 4 nitrogen and oxygen atoms in total. The number of allylic oxidation sites excluding steroid dienone is 1. The molecule has 0 saturated carbocycles. The normalized spacial score (nSPS) is 11.8. The van der Waals surface area contributed by atoms with Crippen molar-refractivity contribution in [1.29, 1.82) is 0 Å². The van der Waals surface area contributed by atoms with Gasteiger partial charge >= 0.3 is 0 Å². The van der Waals surface area contributed by atoms with Crippen LogP contribution in [0.15, 0.2) is 12.7 Å². The van der Waals surface area contributed by atoms with Gasteiger partial charge in [0.2, 0.25) is 0 Å². The van der Waals surface area contributed by atoms with Crippen LogP contribution in [-0.4, -0.2) is 22.3 Å². The minimum absolute atomic E-state index is 0.244. The maximum Gasteiger partial charge on any atom is 0.127 e. The van der Waals surface area contributed by atoms with Gasteiger partial charge in [0.15, 0.2) is 0 Å². The Balaban J connectivity index is 3.05. The Hall–Kier alpha value is -1.29. The Bertz CT molecular complexity index is 394. The smallest absolute Gasteiger partial charge is 0.127 e. The first-order valence-electron chi connectivity index (χ1n) is 5.95. The molecular weight excluding hydrogens is 214 g/mol. The van der Waals surface area contributed by atoms with Gasteiger partial charge in [0.25, 0.3) is 0 Å². The fourth-order valence-electron chi connectivity index (χ4n) is 1.78. The molecule has 0 aliphatic carbocycles. The van der Waals surface area contributed by atoms with Gasteiger partial charge in [-0.05, 0) is 13.8 Å². The molecule has 0 aliphatic rings. The third-order valence-electron chi connectivity index (χ3n) is 2.94. The first-order valence-corrected chi connectivity index (χ1v) is 5.95. The maximum atomic E-state index is 6.12. The summed E-state index contributed by atoms with van der Waals surface area (Å²) in [6.45, 7) is 10.6. The molecule has 0 aliphatic heterocycles. The number of nitrogens with zero attached hydrogens (tertiary/aromatic N) is 2. The molecule has 0 fully saturated rings. The number of ether oxygens (including phenoxy) is 1. The van der Waals surface area contributed by atoms with Crippen LogP contribution in [0.3, 0.4) is 0 Å². The van der Waals surface area contributed by atoms with Gasteiger partial charge in [-0.2, -0.15) is 0 Å². The van der Waals surface area contributed by atoms with Gasteiger partial charge in [0, 0.05) is 26.5 Å². The third-order valence-corrected chi connectivity index (χ3v) is 2.94. The number of hydrogen-bond acceptors (Lipinski definition) is 3. The molecular formula is C13H23N3O. The van der Waals surface area contributed by atoms with E-state index >= 15 is 0 Å². The molecule has 0 unspecified atom stereocenters. The molecule has 96 valence electrons. The number of imidazole rings is 1. The van der Waals surface area contributed by atoms with E-state index in [2.05, 4.69) is 18.5 Å². The van der Waals surface area contributed by atoms with Crippen LogP contribution in [0.2, 0.25) is 0 Å². The lowest BCUT2D eigenvalue weighted by Crippen LogP contribution is -2.26. The second kappa shape index (κ2) is 5.36. The maximum absolute atomic E-state index is 6.12. The molecule has 0 amide bonds. The van der Waals surface area contributed by atoms with Crippen LogP contribution in [0, 0.1) is 0 Å². The van der Waals surface area contributed by atoms with E-state index in [1.54, 1.807) is 7.11 Å². The van der Waals surface area contributed by atoms with Crippen LogP contribution < -0.4 is 5.73 Å². The molecule has 0 atom stereocenters. The van der Waals surface area contributed by atoms with E-state index in [1.807, 2.05) is 24.5 Å². The number of aromatic nitrogens is 2. The fraction of sp³-hybridized carbons (Fsp3) is 0.615. The lowest BCUT2D eigenvalue weighted by Gasteiger charge is -2.21. The summed E-state index contributed by atoms with van der Waals surface area (Å²) in [6, 6.07) is 0. The lowest BCUT2D eigenvalue weighted by molar-refractivity contribution is 0.0226. The molecule has 0 radical (unpaired) electrons. The number of nitrogen functional groups attached to an aromatic ring is 1. The quantitative estimate of drug-likeness (QED) is 0.772. The van der Waals surface area contributed by atoms with Crippen LogP contribution >= 0.6 is 0 Å². The minimum atomic E-state index is -0.244. The van der Waals surface area contributed by atoms with Gasteiger partial charge in [-0.25, -0.2) is 4.98 Å². The van der Waals surface area contributed by atoms with Crippen molar-refractivity contribution in [3.05, 3.63) is 24.2 Å². The Morgan fingerprint density at radius 1 is 1.53 bits per heavy atom. The van der Waals surface area contributed by atoms with Crippen molar-refractivity contribution < 1.29 is 4.74 Å². The van der Waals surface area contributed by atoms with E-state index < -0.39 is 0 Å². The summed E-state index contributed by atoms with van der Waals surface area (Å²) >= 11 is 0. The summed E-state index contributed by atoms with van der Waals surface area (Å²) in [5.74, 6) is 1.73. The van der Waals surface area contributed by atoms with E-state index in [1.165, 1.54) is 0 Å². The van der Waals surface area contributed by atoms with E-state index in [-0.39, 0.29) is 5.60 Å². The predicted octanol–water partition coefficient (Wildman–Crippen LogP) is 2.18. The zero-order valence-corrected chi connectivity index (χ0v) is 11.3. The number of hydrogen-bond donors (Lipinski definition) is 1. The first kappa shape index (κ1) is 13.8. The van der Waals surface area contributed by atoms with Crippen LogP contribution in [0.4, 0.5) is 5.82 Å². The Morgan fingerprint density at radius 2 is 2.18 bits per heavy atom. The highest BCUT2D eigenvalue weighted by Gasteiger charge is 2.22. The summed E-state index contributed by atoms with van der Waals surface area (Å²) in [5.41, 5.74) is 6.79. The number of anilines is 1. The predicted molar refractivity (Wildman–Crippen MR) is 71.0 cm³/mol. The number of rotatable bonds is 6. The molecule has 0 bridgehead atoms. The van der Waals surface area contributed by atoms with Crippen LogP contribution in [-0.2, 0) is 24.1 Å². The van der Waals surface area contributed by atoms with Crippen molar-refractivity contribution in [2.24, 2.45) is 0 Å². The van der Waals surface area contributed by atoms with Gasteiger partial charge in [-0.1, -0.05) is 13.0 Å². The Kier molecular flexibility index (Phi) is 4.34. The van der Waals surface area contributed by atoms with Crippen molar-refractivity contribution >= 4 is 5.82 Å². The van der Waals surface area contributed by atoms with E-state index in [0.29, 0.717) is 13.0 Å². The highest BCUT2D eigenvalue weighted by atomic mass is 16.5. The number of methoxy groups -OCH3 is 1. The highest BCUT2D eigenvalue weighted by molar-refractivity contribution is 5.39. The zero-order valence-electron chi connectivity index (χ0n) is 11.3. The third kappa shape index (κ3) is 3.09. The SMILES string of the molecule is C=CCn1c(CC)nc(CC(C)(C)OC)c1N. The highest BCUT2D eigenvalue weighted by Crippen LogP contribution is 2.22. The van der Waals surface area contributed by atoms with Gasteiger partial charge in [-0.3, -0.25) is 0 Å². The fourth-order valence-corrected chi connectivity index (χ4v) is 1.78. The Labute approximate surface area is 103 Å². The topological polar surface area (TPSA) is 53.1 Å². The van der Waals surface area contributed by atoms with Crippen molar-refractivity contribution in [2.75, 3.05) is 12.8 Å². The summed E-state index contributed by atoms with van der Waals surface area (Å²) in [5, 5.41) is 0. The van der Waals surface area contributed by atoms with Crippen LogP contribution in [0.5, 0.6) is 0 Å². The molecule has 1 aromatic heterocycles. The molecule has 2 N–H and O–H groups in total. The van der Waals surface area contributed by atoms with Gasteiger partial charge in [0.05, 0.1) is 11.3 Å². The molecule has 0 saturated heterocycles. The standard InChI is InChI=1S/C13H23N3O/c1-6-8-16-11(7-2)15-10(12(16)14)9-13(3,4)17-5/h6H,1,7-9,14H2,2-5H3. The second-order valence-corrected chi connectivity index (χ2v) is 4.75. The molecule has 0 aromatic carbocycles. The van der Waals surface area contributed by atoms with Crippen LogP contribution in [0.1, 0.15) is 32.3 Å². The lowest BCUT2D eigenvalue weighted by atomic mass is 10.0. The minimum Gasteiger partial charge on any atom is -0.384 e. The molecule has 1 aromatic rings. The summed E-state index contributed by atoms with van der Waals surface area (Å²) < 4.78 is 7.42. The van der Waals surface area contributed by atoms with Gasteiger partial charge < -0.3 is 15.0 Å². The molecule has 4 heteroatoms. The average molecular weight is 237 g/mol. The van der Waals surface area contributed by atoms with Crippen molar-refractivity contribution in [2.45, 2.75) is 45.8 Å². The zero-order chi connectivity index (χ0) is 13.1. The summed E-state index contributed by atoms with van der Waals surface area (Å²) in [6.07, 6.45) is 3.42. The monoisotopic (exact) mass is 237 g/mol.